The molecule has 0 bridgehead atoms. The Kier molecular flexibility index (Phi) is 6.29. The van der Waals surface area contributed by atoms with E-state index in [2.05, 4.69) is 25.4 Å². The van der Waals surface area contributed by atoms with E-state index in [0.717, 1.165) is 17.4 Å². The van der Waals surface area contributed by atoms with Gasteiger partial charge < -0.3 is 19.9 Å². The molecule has 2 aromatic heterocycles. The number of rotatable bonds is 6. The lowest BCUT2D eigenvalue weighted by Gasteiger charge is -2.35. The molecule has 0 radical (unpaired) electrons. The molecule has 8 nitrogen and oxygen atoms in total. The Bertz CT molecular complexity index is 1210. The lowest BCUT2D eigenvalue weighted by Crippen LogP contribution is -2.49. The van der Waals surface area contributed by atoms with Gasteiger partial charge >= 0.3 is 0 Å². The van der Waals surface area contributed by atoms with Gasteiger partial charge in [-0.3, -0.25) is 4.79 Å². The van der Waals surface area contributed by atoms with Gasteiger partial charge in [0.05, 0.1) is 0 Å². The monoisotopic (exact) mass is 452 g/mol. The summed E-state index contributed by atoms with van der Waals surface area (Å²) < 4.78 is 5.81. The minimum absolute atomic E-state index is 0.0203. The number of aromatic nitrogens is 3. The van der Waals surface area contributed by atoms with Crippen LogP contribution in [0.5, 0.6) is 11.5 Å². The lowest BCUT2D eigenvalue weighted by molar-refractivity contribution is 0.0746. The first-order valence-electron chi connectivity index (χ1n) is 11.1. The standard InChI is InChI=1S/C26H24N6O2/c33-26(20-9-11-22(12-10-20)34-21-6-2-1-3-7-21)32-18-16-31(17-19-32)25-14-13-24(29-30-25)28-23-8-4-5-15-27-23/h1-15H,16-19H2,(H,27,28,29). The number of para-hydroxylation sites is 1. The van der Waals surface area contributed by atoms with Gasteiger partial charge in [-0.15, -0.1) is 10.2 Å². The van der Waals surface area contributed by atoms with Gasteiger partial charge in [0, 0.05) is 37.9 Å². The van der Waals surface area contributed by atoms with Gasteiger partial charge in [-0.25, -0.2) is 4.98 Å². The predicted molar refractivity (Wildman–Crippen MR) is 131 cm³/mol. The molecule has 1 saturated heterocycles. The van der Waals surface area contributed by atoms with Crippen molar-refractivity contribution in [2.75, 3.05) is 36.4 Å². The number of hydrogen-bond acceptors (Lipinski definition) is 7. The summed E-state index contributed by atoms with van der Waals surface area (Å²) in [4.78, 5) is 21.2. The smallest absolute Gasteiger partial charge is 0.253 e. The largest absolute Gasteiger partial charge is 0.457 e. The number of hydrogen-bond donors (Lipinski definition) is 1. The van der Waals surface area contributed by atoms with Crippen molar-refractivity contribution in [3.8, 4) is 11.5 Å². The summed E-state index contributed by atoms with van der Waals surface area (Å²) in [6.45, 7) is 2.64. The molecular weight excluding hydrogens is 428 g/mol. The fraction of sp³-hybridized carbons (Fsp3) is 0.154. The number of benzene rings is 2. The molecule has 0 spiro atoms. The van der Waals surface area contributed by atoms with Crippen molar-refractivity contribution in [3.05, 3.63) is 96.7 Å². The number of pyridine rings is 1. The van der Waals surface area contributed by atoms with E-state index >= 15 is 0 Å². The van der Waals surface area contributed by atoms with Gasteiger partial charge in [-0.1, -0.05) is 24.3 Å². The zero-order chi connectivity index (χ0) is 23.2. The lowest BCUT2D eigenvalue weighted by atomic mass is 10.1. The van der Waals surface area contributed by atoms with Crippen molar-refractivity contribution in [2.24, 2.45) is 0 Å². The SMILES string of the molecule is O=C(c1ccc(Oc2ccccc2)cc1)N1CCN(c2ccc(Nc3ccccn3)nn2)CC1. The minimum Gasteiger partial charge on any atom is -0.457 e. The number of carbonyl (C=O) groups is 1. The Morgan fingerprint density at radius 3 is 2.15 bits per heavy atom. The first kappa shape index (κ1) is 21.4. The highest BCUT2D eigenvalue weighted by Gasteiger charge is 2.23. The topological polar surface area (TPSA) is 83.5 Å². The normalized spacial score (nSPS) is 13.4. The molecule has 1 N–H and O–H groups in total. The molecule has 0 unspecified atom stereocenters. The second-order valence-corrected chi connectivity index (χ2v) is 7.84. The molecule has 0 aliphatic carbocycles. The van der Waals surface area contributed by atoms with Gasteiger partial charge in [0.15, 0.2) is 11.6 Å². The van der Waals surface area contributed by atoms with Crippen LogP contribution in [0.4, 0.5) is 17.5 Å². The van der Waals surface area contributed by atoms with E-state index in [4.69, 9.17) is 4.74 Å². The number of anilines is 3. The van der Waals surface area contributed by atoms with E-state index in [1.54, 1.807) is 6.20 Å². The number of nitrogens with zero attached hydrogens (tertiary/aromatic N) is 5. The van der Waals surface area contributed by atoms with Crippen LogP contribution in [0, 0.1) is 0 Å². The van der Waals surface area contributed by atoms with Crippen LogP contribution < -0.4 is 15.0 Å². The fourth-order valence-corrected chi connectivity index (χ4v) is 3.74. The number of amides is 1. The first-order valence-corrected chi connectivity index (χ1v) is 11.1. The Balaban J connectivity index is 1.14. The molecule has 1 aliphatic heterocycles. The molecule has 34 heavy (non-hydrogen) atoms. The summed E-state index contributed by atoms with van der Waals surface area (Å²) in [5.41, 5.74) is 0.651. The molecule has 170 valence electrons. The fourth-order valence-electron chi connectivity index (χ4n) is 3.74. The van der Waals surface area contributed by atoms with Crippen LogP contribution in [0.3, 0.4) is 0 Å². The Morgan fingerprint density at radius 2 is 1.47 bits per heavy atom. The summed E-state index contributed by atoms with van der Waals surface area (Å²) in [5.74, 6) is 3.63. The van der Waals surface area contributed by atoms with Gasteiger partial charge in [0.2, 0.25) is 0 Å². The number of carbonyl (C=O) groups excluding carboxylic acids is 1. The quantitative estimate of drug-likeness (QED) is 0.465. The minimum atomic E-state index is 0.0203. The Hall–Kier alpha value is -4.46. The molecular formula is C26H24N6O2. The van der Waals surface area contributed by atoms with Crippen LogP contribution >= 0.6 is 0 Å². The van der Waals surface area contributed by atoms with E-state index < -0.39 is 0 Å². The van der Waals surface area contributed by atoms with E-state index in [1.165, 1.54) is 0 Å². The summed E-state index contributed by atoms with van der Waals surface area (Å²) in [6.07, 6.45) is 1.72. The van der Waals surface area contributed by atoms with E-state index in [-0.39, 0.29) is 5.91 Å². The third-order valence-electron chi connectivity index (χ3n) is 5.54. The highest BCUT2D eigenvalue weighted by molar-refractivity contribution is 5.94. The third-order valence-corrected chi connectivity index (χ3v) is 5.54. The molecule has 5 rings (SSSR count). The van der Waals surface area contributed by atoms with Crippen molar-refractivity contribution in [2.45, 2.75) is 0 Å². The maximum Gasteiger partial charge on any atom is 0.253 e. The van der Waals surface area contributed by atoms with Crippen molar-refractivity contribution < 1.29 is 9.53 Å². The molecule has 0 saturated carbocycles. The maximum atomic E-state index is 13.0. The van der Waals surface area contributed by atoms with E-state index in [1.807, 2.05) is 89.8 Å². The van der Waals surface area contributed by atoms with Crippen LogP contribution in [0.1, 0.15) is 10.4 Å². The second-order valence-electron chi connectivity index (χ2n) is 7.84. The van der Waals surface area contributed by atoms with Gasteiger partial charge in [0.1, 0.15) is 17.3 Å². The van der Waals surface area contributed by atoms with Crippen LogP contribution in [0.2, 0.25) is 0 Å². The van der Waals surface area contributed by atoms with Crippen LogP contribution in [0.15, 0.2) is 91.1 Å². The van der Waals surface area contributed by atoms with Crippen molar-refractivity contribution in [3.63, 3.8) is 0 Å². The summed E-state index contributed by atoms with van der Waals surface area (Å²) in [7, 11) is 0. The summed E-state index contributed by atoms with van der Waals surface area (Å²) in [5, 5.41) is 11.7. The van der Waals surface area contributed by atoms with Gasteiger partial charge in [-0.05, 0) is 60.7 Å². The van der Waals surface area contributed by atoms with Crippen LogP contribution in [-0.4, -0.2) is 52.2 Å². The highest BCUT2D eigenvalue weighted by Crippen LogP contribution is 2.22. The van der Waals surface area contributed by atoms with Gasteiger partial charge in [-0.2, -0.15) is 0 Å². The first-order chi connectivity index (χ1) is 16.7. The third kappa shape index (κ3) is 5.12. The van der Waals surface area contributed by atoms with Crippen LogP contribution in [0.25, 0.3) is 0 Å². The molecule has 1 amide bonds. The number of nitrogens with one attached hydrogen (secondary N) is 1. The molecule has 0 atom stereocenters. The maximum absolute atomic E-state index is 13.0. The molecule has 4 aromatic rings. The Morgan fingerprint density at radius 1 is 0.735 bits per heavy atom. The average Bonchev–Trinajstić information content (AvgIpc) is 2.91. The second kappa shape index (κ2) is 9.99. The molecule has 1 fully saturated rings. The van der Waals surface area contributed by atoms with E-state index in [9.17, 15) is 4.79 Å². The molecule has 1 aliphatic rings. The van der Waals surface area contributed by atoms with Crippen molar-refractivity contribution in [1.82, 2.24) is 20.1 Å². The van der Waals surface area contributed by atoms with Gasteiger partial charge in [0.25, 0.3) is 5.91 Å². The van der Waals surface area contributed by atoms with Crippen LogP contribution in [-0.2, 0) is 0 Å². The highest BCUT2D eigenvalue weighted by atomic mass is 16.5. The number of piperazine rings is 1. The van der Waals surface area contributed by atoms with Crippen molar-refractivity contribution in [1.29, 1.82) is 0 Å². The zero-order valence-corrected chi connectivity index (χ0v) is 18.5. The number of ether oxygens (including phenoxy) is 1. The zero-order valence-electron chi connectivity index (χ0n) is 18.5. The Labute approximate surface area is 197 Å². The summed E-state index contributed by atoms with van der Waals surface area (Å²) in [6, 6.07) is 26.3. The molecule has 3 heterocycles. The average molecular weight is 453 g/mol. The van der Waals surface area contributed by atoms with Crippen molar-refractivity contribution >= 4 is 23.4 Å². The van der Waals surface area contributed by atoms with E-state index in [0.29, 0.717) is 43.3 Å². The molecule has 8 heteroatoms. The predicted octanol–water partition coefficient (Wildman–Crippen LogP) is 4.37. The summed E-state index contributed by atoms with van der Waals surface area (Å²) >= 11 is 0. The molecule has 2 aromatic carbocycles.